The number of rotatable bonds is 3. The number of carbonyl (C=O) groups is 2. The summed E-state index contributed by atoms with van der Waals surface area (Å²) in [5, 5.41) is 0. The number of ether oxygens (including phenoxy) is 1. The second kappa shape index (κ2) is 6.83. The number of halogens is 1. The number of piperidine rings is 1. The molecule has 0 bridgehead atoms. The summed E-state index contributed by atoms with van der Waals surface area (Å²) in [6.07, 6.45) is 5.15. The summed E-state index contributed by atoms with van der Waals surface area (Å²) in [5.74, 6) is -0.150. The minimum Gasteiger partial charge on any atom is -0.452 e. The van der Waals surface area contributed by atoms with Crippen molar-refractivity contribution in [1.82, 2.24) is 9.88 Å². The molecule has 1 aliphatic heterocycles. The quantitative estimate of drug-likeness (QED) is 0.792. The van der Waals surface area contributed by atoms with Gasteiger partial charge in [-0.25, -0.2) is 4.79 Å². The maximum absolute atomic E-state index is 12.0. The molecule has 20 heavy (non-hydrogen) atoms. The Morgan fingerprint density at radius 1 is 1.50 bits per heavy atom. The van der Waals surface area contributed by atoms with Crippen molar-refractivity contribution >= 4 is 27.8 Å². The summed E-state index contributed by atoms with van der Waals surface area (Å²) in [5.41, 5.74) is 0.333. The van der Waals surface area contributed by atoms with Crippen LogP contribution in [0.2, 0.25) is 0 Å². The lowest BCUT2D eigenvalue weighted by Crippen LogP contribution is -2.41. The van der Waals surface area contributed by atoms with Gasteiger partial charge in [-0.2, -0.15) is 0 Å². The Balaban J connectivity index is 1.85. The predicted octanol–water partition coefficient (Wildman–Crippen LogP) is 2.26. The van der Waals surface area contributed by atoms with Crippen molar-refractivity contribution in [3.8, 4) is 0 Å². The third-order valence-corrected chi connectivity index (χ3v) is 3.71. The van der Waals surface area contributed by atoms with E-state index >= 15 is 0 Å². The van der Waals surface area contributed by atoms with Gasteiger partial charge in [0.1, 0.15) is 0 Å². The molecule has 0 saturated carbocycles. The summed E-state index contributed by atoms with van der Waals surface area (Å²) < 4.78 is 5.74. The normalized spacial score (nSPS) is 18.7. The second-order valence-corrected chi connectivity index (χ2v) is 5.97. The van der Waals surface area contributed by atoms with Crippen LogP contribution in [0.3, 0.4) is 0 Å². The highest BCUT2D eigenvalue weighted by atomic mass is 79.9. The number of amides is 1. The standard InChI is InChI=1S/C14H17BrN2O3/c1-10-3-2-4-17(8-10)13(18)9-20-14(19)11-5-12(15)7-16-6-11/h5-7,10H,2-4,8-9H2,1H3. The molecule has 0 aromatic carbocycles. The number of hydrogen-bond donors (Lipinski definition) is 0. The number of esters is 1. The Bertz CT molecular complexity index is 507. The van der Waals surface area contributed by atoms with E-state index in [2.05, 4.69) is 27.8 Å². The third-order valence-electron chi connectivity index (χ3n) is 3.28. The van der Waals surface area contributed by atoms with E-state index in [4.69, 9.17) is 4.74 Å². The highest BCUT2D eigenvalue weighted by Crippen LogP contribution is 2.15. The first-order chi connectivity index (χ1) is 9.56. The van der Waals surface area contributed by atoms with Gasteiger partial charge in [0.2, 0.25) is 0 Å². The Morgan fingerprint density at radius 2 is 2.30 bits per heavy atom. The molecule has 1 saturated heterocycles. The van der Waals surface area contributed by atoms with Crippen LogP contribution < -0.4 is 0 Å². The first-order valence-corrected chi connectivity index (χ1v) is 7.41. The van der Waals surface area contributed by atoms with Crippen molar-refractivity contribution in [3.05, 3.63) is 28.5 Å². The molecule has 108 valence electrons. The molecule has 6 heteroatoms. The van der Waals surface area contributed by atoms with Crippen molar-refractivity contribution in [2.75, 3.05) is 19.7 Å². The zero-order chi connectivity index (χ0) is 14.5. The van der Waals surface area contributed by atoms with Gasteiger partial charge in [-0.1, -0.05) is 6.92 Å². The first-order valence-electron chi connectivity index (χ1n) is 6.61. The number of aromatic nitrogens is 1. The van der Waals surface area contributed by atoms with E-state index in [1.165, 1.54) is 6.20 Å². The Labute approximate surface area is 126 Å². The fraction of sp³-hybridized carbons (Fsp3) is 0.500. The maximum atomic E-state index is 12.0. The maximum Gasteiger partial charge on any atom is 0.340 e. The van der Waals surface area contributed by atoms with Gasteiger partial charge in [0, 0.05) is 30.0 Å². The van der Waals surface area contributed by atoms with Crippen LogP contribution in [0.25, 0.3) is 0 Å². The van der Waals surface area contributed by atoms with Crippen molar-refractivity contribution < 1.29 is 14.3 Å². The second-order valence-electron chi connectivity index (χ2n) is 5.06. The van der Waals surface area contributed by atoms with Crippen LogP contribution in [0, 0.1) is 5.92 Å². The number of nitrogens with zero attached hydrogens (tertiary/aromatic N) is 2. The Kier molecular flexibility index (Phi) is 5.11. The highest BCUT2D eigenvalue weighted by molar-refractivity contribution is 9.10. The van der Waals surface area contributed by atoms with Crippen molar-refractivity contribution in [2.24, 2.45) is 5.92 Å². The summed E-state index contributed by atoms with van der Waals surface area (Å²) in [7, 11) is 0. The summed E-state index contributed by atoms with van der Waals surface area (Å²) in [6.45, 7) is 3.41. The van der Waals surface area contributed by atoms with E-state index in [1.807, 2.05) is 0 Å². The minimum absolute atomic E-state index is 0.132. The molecule has 0 spiro atoms. The van der Waals surface area contributed by atoms with E-state index in [9.17, 15) is 9.59 Å². The lowest BCUT2D eigenvalue weighted by atomic mass is 10.0. The molecular weight excluding hydrogens is 324 g/mol. The highest BCUT2D eigenvalue weighted by Gasteiger charge is 2.22. The van der Waals surface area contributed by atoms with Gasteiger partial charge < -0.3 is 9.64 Å². The van der Waals surface area contributed by atoms with Crippen LogP contribution in [-0.4, -0.2) is 41.5 Å². The molecule has 0 N–H and O–H groups in total. The van der Waals surface area contributed by atoms with Gasteiger partial charge in [0.05, 0.1) is 5.56 Å². The lowest BCUT2D eigenvalue weighted by Gasteiger charge is -2.30. The van der Waals surface area contributed by atoms with Gasteiger partial charge >= 0.3 is 5.97 Å². The van der Waals surface area contributed by atoms with Crippen LogP contribution in [0.4, 0.5) is 0 Å². The number of pyridine rings is 1. The van der Waals surface area contributed by atoms with Crippen LogP contribution in [0.15, 0.2) is 22.9 Å². The fourth-order valence-corrected chi connectivity index (χ4v) is 2.61. The third kappa shape index (κ3) is 4.03. The molecule has 0 aliphatic carbocycles. The number of carbonyl (C=O) groups excluding carboxylic acids is 2. The van der Waals surface area contributed by atoms with Crippen LogP contribution >= 0.6 is 15.9 Å². The van der Waals surface area contributed by atoms with Crippen LogP contribution in [0.1, 0.15) is 30.1 Å². The van der Waals surface area contributed by atoms with Gasteiger partial charge in [-0.05, 0) is 40.8 Å². The lowest BCUT2D eigenvalue weighted by molar-refractivity contribution is -0.136. The van der Waals surface area contributed by atoms with E-state index < -0.39 is 5.97 Å². The number of likely N-dealkylation sites (tertiary alicyclic amines) is 1. The molecule has 5 nitrogen and oxygen atoms in total. The molecular formula is C14H17BrN2O3. The molecule has 1 aromatic heterocycles. The molecule has 1 atom stereocenters. The van der Waals surface area contributed by atoms with Gasteiger partial charge in [-0.3, -0.25) is 9.78 Å². The van der Waals surface area contributed by atoms with E-state index in [1.54, 1.807) is 17.2 Å². The molecule has 1 aliphatic rings. The first kappa shape index (κ1) is 15.0. The molecule has 2 heterocycles. The Hall–Kier alpha value is -1.43. The zero-order valence-corrected chi connectivity index (χ0v) is 12.9. The molecule has 0 radical (unpaired) electrons. The van der Waals surface area contributed by atoms with Crippen molar-refractivity contribution in [1.29, 1.82) is 0 Å². The molecule has 1 amide bonds. The van der Waals surface area contributed by atoms with Gasteiger partial charge in [-0.15, -0.1) is 0 Å². The average molecular weight is 341 g/mol. The molecule has 1 aromatic rings. The van der Waals surface area contributed by atoms with E-state index in [-0.39, 0.29) is 12.5 Å². The topological polar surface area (TPSA) is 59.5 Å². The van der Waals surface area contributed by atoms with Crippen molar-refractivity contribution in [3.63, 3.8) is 0 Å². The fourth-order valence-electron chi connectivity index (χ4n) is 2.24. The largest absolute Gasteiger partial charge is 0.452 e. The number of hydrogen-bond acceptors (Lipinski definition) is 4. The predicted molar refractivity (Wildman–Crippen MR) is 77.2 cm³/mol. The van der Waals surface area contributed by atoms with Gasteiger partial charge in [0.15, 0.2) is 6.61 Å². The molecule has 1 unspecified atom stereocenters. The van der Waals surface area contributed by atoms with Crippen LogP contribution in [0.5, 0.6) is 0 Å². The SMILES string of the molecule is CC1CCCN(C(=O)COC(=O)c2cncc(Br)c2)C1. The van der Waals surface area contributed by atoms with E-state index in [0.29, 0.717) is 16.0 Å². The van der Waals surface area contributed by atoms with Crippen molar-refractivity contribution in [2.45, 2.75) is 19.8 Å². The van der Waals surface area contributed by atoms with Crippen LogP contribution in [-0.2, 0) is 9.53 Å². The zero-order valence-electron chi connectivity index (χ0n) is 11.3. The summed E-state index contributed by atoms with van der Waals surface area (Å²) >= 11 is 3.23. The Morgan fingerprint density at radius 3 is 3.00 bits per heavy atom. The average Bonchev–Trinajstić information content (AvgIpc) is 2.44. The smallest absolute Gasteiger partial charge is 0.340 e. The van der Waals surface area contributed by atoms with Gasteiger partial charge in [0.25, 0.3) is 5.91 Å². The minimum atomic E-state index is -0.530. The molecule has 2 rings (SSSR count). The van der Waals surface area contributed by atoms with E-state index in [0.717, 1.165) is 25.9 Å². The monoisotopic (exact) mass is 340 g/mol. The summed E-state index contributed by atoms with van der Waals surface area (Å²) in [4.78, 5) is 29.4. The summed E-state index contributed by atoms with van der Waals surface area (Å²) in [6, 6.07) is 1.61. The molecule has 1 fully saturated rings.